The van der Waals surface area contributed by atoms with Gasteiger partial charge >= 0.3 is 0 Å². The highest BCUT2D eigenvalue weighted by molar-refractivity contribution is 5.99. The Kier molecular flexibility index (Phi) is 5.46. The van der Waals surface area contributed by atoms with Crippen molar-refractivity contribution < 1.29 is 9.59 Å². The van der Waals surface area contributed by atoms with Crippen LogP contribution < -0.4 is 5.32 Å². The van der Waals surface area contributed by atoms with Gasteiger partial charge in [0.15, 0.2) is 0 Å². The van der Waals surface area contributed by atoms with Crippen LogP contribution in [-0.4, -0.2) is 34.8 Å². The lowest BCUT2D eigenvalue weighted by atomic mass is 9.80. The van der Waals surface area contributed by atoms with Crippen LogP contribution >= 0.6 is 0 Å². The predicted octanol–water partition coefficient (Wildman–Crippen LogP) is 2.96. The third kappa shape index (κ3) is 3.41. The molecule has 4 heteroatoms. The van der Waals surface area contributed by atoms with Crippen LogP contribution in [0.15, 0.2) is 0 Å². The lowest BCUT2D eigenvalue weighted by Crippen LogP contribution is -2.72. The van der Waals surface area contributed by atoms with E-state index in [0.29, 0.717) is 18.9 Å². The molecule has 1 aliphatic heterocycles. The highest BCUT2D eigenvalue weighted by Gasteiger charge is 2.51. The zero-order chi connectivity index (χ0) is 16.4. The van der Waals surface area contributed by atoms with Crippen molar-refractivity contribution in [3.05, 3.63) is 0 Å². The number of carbonyl (C=O) groups is 2. The Hall–Kier alpha value is -1.06. The quantitative estimate of drug-likeness (QED) is 0.848. The van der Waals surface area contributed by atoms with E-state index in [1.54, 1.807) is 0 Å². The molecule has 0 radical (unpaired) electrons. The molecule has 4 nitrogen and oxygen atoms in total. The summed E-state index contributed by atoms with van der Waals surface area (Å²) < 4.78 is 0. The van der Waals surface area contributed by atoms with E-state index in [-0.39, 0.29) is 17.2 Å². The smallest absolute Gasteiger partial charge is 0.246 e. The summed E-state index contributed by atoms with van der Waals surface area (Å²) in [6, 6.07) is -0.431. The Morgan fingerprint density at radius 3 is 2.10 bits per heavy atom. The Bertz CT molecular complexity index is 396. The second-order valence-corrected chi connectivity index (χ2v) is 7.53. The summed E-state index contributed by atoms with van der Waals surface area (Å²) in [5.74, 6) is 0.500. The SMILES string of the molecule is CCC(CC)CN1C(=O)C(C(C)(C)C)NC(=O)C1(C)CC. The van der Waals surface area contributed by atoms with Crippen molar-refractivity contribution >= 4 is 11.8 Å². The first-order valence-corrected chi connectivity index (χ1v) is 8.24. The predicted molar refractivity (Wildman–Crippen MR) is 85.9 cm³/mol. The van der Waals surface area contributed by atoms with Crippen LogP contribution in [0.25, 0.3) is 0 Å². The molecule has 0 aromatic carbocycles. The molecule has 2 amide bonds. The van der Waals surface area contributed by atoms with E-state index in [4.69, 9.17) is 0 Å². The molecule has 1 rings (SSSR count). The van der Waals surface area contributed by atoms with Gasteiger partial charge in [0, 0.05) is 6.54 Å². The van der Waals surface area contributed by atoms with Crippen molar-refractivity contribution in [1.29, 1.82) is 0 Å². The van der Waals surface area contributed by atoms with Gasteiger partial charge in [0.2, 0.25) is 11.8 Å². The Balaban J connectivity index is 3.16. The van der Waals surface area contributed by atoms with Gasteiger partial charge in [0.05, 0.1) is 0 Å². The van der Waals surface area contributed by atoms with Gasteiger partial charge in [0.1, 0.15) is 11.6 Å². The standard InChI is InChI=1S/C17H32N2O2/c1-8-12(9-2)11-19-14(20)13(16(4,5)6)18-15(21)17(19,7)10-3/h12-13H,8-11H2,1-7H3,(H,18,21). The second kappa shape index (κ2) is 6.37. The highest BCUT2D eigenvalue weighted by Crippen LogP contribution is 2.32. The fourth-order valence-corrected chi connectivity index (χ4v) is 2.90. The molecule has 1 fully saturated rings. The first kappa shape index (κ1) is 18.0. The van der Waals surface area contributed by atoms with E-state index in [2.05, 4.69) is 19.2 Å². The van der Waals surface area contributed by atoms with Crippen LogP contribution in [0.5, 0.6) is 0 Å². The molecule has 0 aromatic heterocycles. The second-order valence-electron chi connectivity index (χ2n) is 7.53. The molecule has 1 heterocycles. The van der Waals surface area contributed by atoms with Gasteiger partial charge in [-0.15, -0.1) is 0 Å². The van der Waals surface area contributed by atoms with Gasteiger partial charge in [0.25, 0.3) is 0 Å². The topological polar surface area (TPSA) is 49.4 Å². The molecule has 1 aliphatic rings. The van der Waals surface area contributed by atoms with E-state index in [1.165, 1.54) is 0 Å². The van der Waals surface area contributed by atoms with E-state index in [1.807, 2.05) is 39.5 Å². The minimum Gasteiger partial charge on any atom is -0.342 e. The maximum absolute atomic E-state index is 13.0. The molecule has 0 saturated carbocycles. The number of carbonyl (C=O) groups excluding carboxylic acids is 2. The van der Waals surface area contributed by atoms with Gasteiger partial charge in [-0.3, -0.25) is 9.59 Å². The zero-order valence-corrected chi connectivity index (χ0v) is 14.7. The van der Waals surface area contributed by atoms with Crippen LogP contribution in [0.2, 0.25) is 0 Å². The fourth-order valence-electron chi connectivity index (χ4n) is 2.90. The Morgan fingerprint density at radius 2 is 1.71 bits per heavy atom. The van der Waals surface area contributed by atoms with Crippen LogP contribution in [0, 0.1) is 11.3 Å². The largest absolute Gasteiger partial charge is 0.342 e. The summed E-state index contributed by atoms with van der Waals surface area (Å²) in [6.07, 6.45) is 2.70. The first-order valence-electron chi connectivity index (χ1n) is 8.24. The summed E-state index contributed by atoms with van der Waals surface area (Å²) in [5, 5.41) is 2.96. The highest BCUT2D eigenvalue weighted by atomic mass is 16.2. The van der Waals surface area contributed by atoms with Crippen molar-refractivity contribution in [3.63, 3.8) is 0 Å². The molecule has 0 spiro atoms. The number of rotatable bonds is 5. The Morgan fingerprint density at radius 1 is 1.19 bits per heavy atom. The molecule has 0 aliphatic carbocycles. The molecule has 2 unspecified atom stereocenters. The van der Waals surface area contributed by atoms with Gasteiger partial charge < -0.3 is 10.2 Å². The van der Waals surface area contributed by atoms with Crippen molar-refractivity contribution in [1.82, 2.24) is 10.2 Å². The molecule has 122 valence electrons. The summed E-state index contributed by atoms with van der Waals surface area (Å²) in [6.45, 7) is 14.8. The fraction of sp³-hybridized carbons (Fsp3) is 0.882. The monoisotopic (exact) mass is 296 g/mol. The average molecular weight is 296 g/mol. The zero-order valence-electron chi connectivity index (χ0n) is 14.7. The summed E-state index contributed by atoms with van der Waals surface area (Å²) >= 11 is 0. The van der Waals surface area contributed by atoms with Crippen molar-refractivity contribution in [2.75, 3.05) is 6.54 Å². The third-order valence-corrected chi connectivity index (χ3v) is 5.02. The van der Waals surface area contributed by atoms with E-state index >= 15 is 0 Å². The number of hydrogen-bond acceptors (Lipinski definition) is 2. The van der Waals surface area contributed by atoms with E-state index in [9.17, 15) is 9.59 Å². The van der Waals surface area contributed by atoms with Crippen LogP contribution in [0.1, 0.15) is 67.7 Å². The Labute approximate surface area is 129 Å². The lowest BCUT2D eigenvalue weighted by Gasteiger charge is -2.49. The summed E-state index contributed by atoms with van der Waals surface area (Å²) in [5.41, 5.74) is -0.991. The minimum absolute atomic E-state index is 0.0181. The molecule has 1 N–H and O–H groups in total. The van der Waals surface area contributed by atoms with Gasteiger partial charge in [-0.25, -0.2) is 0 Å². The number of nitrogens with one attached hydrogen (secondary N) is 1. The summed E-state index contributed by atoms with van der Waals surface area (Å²) in [7, 11) is 0. The maximum Gasteiger partial charge on any atom is 0.246 e. The van der Waals surface area contributed by atoms with Gasteiger partial charge in [-0.1, -0.05) is 54.4 Å². The van der Waals surface area contributed by atoms with Crippen LogP contribution in [0.4, 0.5) is 0 Å². The maximum atomic E-state index is 13.0. The van der Waals surface area contributed by atoms with Gasteiger partial charge in [-0.05, 0) is 24.7 Å². The molecule has 2 atom stereocenters. The number of hydrogen-bond donors (Lipinski definition) is 1. The molecule has 21 heavy (non-hydrogen) atoms. The molecular formula is C17H32N2O2. The van der Waals surface area contributed by atoms with Crippen molar-refractivity contribution in [2.45, 2.75) is 79.3 Å². The third-order valence-electron chi connectivity index (χ3n) is 5.02. The average Bonchev–Trinajstić information content (AvgIpc) is 2.42. The lowest BCUT2D eigenvalue weighted by molar-refractivity contribution is -0.160. The van der Waals surface area contributed by atoms with E-state index in [0.717, 1.165) is 12.8 Å². The number of piperazine rings is 1. The van der Waals surface area contributed by atoms with E-state index < -0.39 is 11.6 Å². The number of nitrogens with zero attached hydrogens (tertiary/aromatic N) is 1. The van der Waals surface area contributed by atoms with Crippen LogP contribution in [0.3, 0.4) is 0 Å². The number of amides is 2. The molecule has 0 bridgehead atoms. The van der Waals surface area contributed by atoms with Crippen molar-refractivity contribution in [2.24, 2.45) is 11.3 Å². The molecular weight excluding hydrogens is 264 g/mol. The van der Waals surface area contributed by atoms with Crippen molar-refractivity contribution in [3.8, 4) is 0 Å². The normalized spacial score (nSPS) is 27.2. The summed E-state index contributed by atoms with van der Waals surface area (Å²) in [4.78, 5) is 27.4. The molecule has 1 saturated heterocycles. The minimum atomic E-state index is -0.721. The van der Waals surface area contributed by atoms with Crippen LogP contribution in [-0.2, 0) is 9.59 Å². The molecule has 0 aromatic rings. The van der Waals surface area contributed by atoms with Gasteiger partial charge in [-0.2, -0.15) is 0 Å². The first-order chi connectivity index (χ1) is 9.61.